The minimum Gasteiger partial charge on any atom is -0.463 e. The van der Waals surface area contributed by atoms with Gasteiger partial charge in [-0.15, -0.1) is 0 Å². The predicted octanol–water partition coefficient (Wildman–Crippen LogP) is 0.704. The second-order valence-electron chi connectivity index (χ2n) is 5.08. The monoisotopic (exact) mass is 346 g/mol. The summed E-state index contributed by atoms with van der Waals surface area (Å²) in [6, 6.07) is 0. The Morgan fingerprint density at radius 2 is 1.21 bits per heavy atom. The van der Waals surface area contributed by atoms with Crippen molar-refractivity contribution in [2.24, 2.45) is 0 Å². The molecule has 0 saturated carbocycles. The van der Waals surface area contributed by atoms with Gasteiger partial charge in [0.2, 0.25) is 12.2 Å². The van der Waals surface area contributed by atoms with Gasteiger partial charge in [-0.1, -0.05) is 0 Å². The van der Waals surface area contributed by atoms with Gasteiger partial charge in [-0.3, -0.25) is 0 Å². The van der Waals surface area contributed by atoms with E-state index >= 15 is 0 Å². The van der Waals surface area contributed by atoms with Gasteiger partial charge in [-0.2, -0.15) is 0 Å². The molecule has 2 rings (SSSR count). The summed E-state index contributed by atoms with van der Waals surface area (Å²) in [6.45, 7) is 0.179. The lowest BCUT2D eigenvalue weighted by molar-refractivity contribution is -0.152. The Morgan fingerprint density at radius 3 is 1.54 bits per heavy atom. The summed E-state index contributed by atoms with van der Waals surface area (Å²) < 4.78 is 28.0. The van der Waals surface area contributed by atoms with Crippen LogP contribution < -0.4 is 0 Å². The third kappa shape index (κ3) is 5.60. The number of carbonyl (C=O) groups excluding carboxylic acids is 4. The first-order valence-electron chi connectivity index (χ1n) is 7.56. The second kappa shape index (κ2) is 8.94. The van der Waals surface area contributed by atoms with Crippen LogP contribution in [0.4, 0.5) is 9.59 Å². The maximum atomic E-state index is 11.5. The minimum atomic E-state index is -0.981. The van der Waals surface area contributed by atoms with Crippen molar-refractivity contribution in [1.29, 1.82) is 0 Å². The van der Waals surface area contributed by atoms with Gasteiger partial charge in [0.1, 0.15) is 13.2 Å². The quantitative estimate of drug-likeness (QED) is 0.335. The van der Waals surface area contributed by atoms with Gasteiger partial charge in [0, 0.05) is 0 Å². The highest BCUT2D eigenvalue weighted by molar-refractivity contribution is 5.80. The van der Waals surface area contributed by atoms with Crippen LogP contribution in [0.15, 0.2) is 0 Å². The fourth-order valence-corrected chi connectivity index (χ4v) is 1.98. The fraction of sp³-hybridized carbons (Fsp3) is 0.714. The van der Waals surface area contributed by atoms with Crippen molar-refractivity contribution in [3.63, 3.8) is 0 Å². The standard InChI is InChI=1S/C14H18O10/c15-11(9-7-21-13(17)23-9)19-5-3-1-2-4-6-20-12(16)10-8-22-14(18)24-10/h9-10H,1-8H2. The molecule has 2 aliphatic heterocycles. The van der Waals surface area contributed by atoms with Crippen LogP contribution in [0, 0.1) is 0 Å². The van der Waals surface area contributed by atoms with Gasteiger partial charge in [0.05, 0.1) is 13.2 Å². The van der Waals surface area contributed by atoms with Crippen LogP contribution >= 0.6 is 0 Å². The van der Waals surface area contributed by atoms with Crippen molar-refractivity contribution in [2.45, 2.75) is 37.9 Å². The van der Waals surface area contributed by atoms with E-state index in [0.29, 0.717) is 12.8 Å². The summed E-state index contributed by atoms with van der Waals surface area (Å²) in [4.78, 5) is 44.3. The molecule has 0 aliphatic carbocycles. The number of rotatable bonds is 9. The summed E-state index contributed by atoms with van der Waals surface area (Å²) in [5.41, 5.74) is 0. The highest BCUT2D eigenvalue weighted by Crippen LogP contribution is 2.10. The van der Waals surface area contributed by atoms with E-state index < -0.39 is 36.5 Å². The van der Waals surface area contributed by atoms with E-state index in [1.807, 2.05) is 0 Å². The molecule has 0 spiro atoms. The number of hydrogen-bond donors (Lipinski definition) is 0. The number of cyclic esters (lactones) is 4. The van der Waals surface area contributed by atoms with Crippen LogP contribution in [0.3, 0.4) is 0 Å². The summed E-state index contributed by atoms with van der Waals surface area (Å²) in [5.74, 6) is -1.24. The van der Waals surface area contributed by atoms with Crippen LogP contribution in [0.2, 0.25) is 0 Å². The molecular formula is C14H18O10. The molecule has 0 amide bonds. The summed E-state index contributed by atoms with van der Waals surface area (Å²) in [6.07, 6.45) is -0.891. The molecule has 2 saturated heterocycles. The average Bonchev–Trinajstić information content (AvgIpc) is 3.18. The highest BCUT2D eigenvalue weighted by Gasteiger charge is 2.33. The summed E-state index contributed by atoms with van der Waals surface area (Å²) in [7, 11) is 0. The Bertz CT molecular complexity index is 444. The maximum Gasteiger partial charge on any atom is 0.509 e. The number of hydrogen-bond acceptors (Lipinski definition) is 10. The van der Waals surface area contributed by atoms with Gasteiger partial charge in [-0.25, -0.2) is 19.2 Å². The van der Waals surface area contributed by atoms with E-state index in [1.165, 1.54) is 0 Å². The predicted molar refractivity (Wildman–Crippen MR) is 72.8 cm³/mol. The topological polar surface area (TPSA) is 124 Å². The van der Waals surface area contributed by atoms with E-state index in [0.717, 1.165) is 12.8 Å². The van der Waals surface area contributed by atoms with E-state index in [-0.39, 0.29) is 26.4 Å². The van der Waals surface area contributed by atoms with Gasteiger partial charge in [-0.05, 0) is 25.7 Å². The molecule has 2 atom stereocenters. The van der Waals surface area contributed by atoms with Crippen LogP contribution in [-0.4, -0.2) is 62.9 Å². The summed E-state index contributed by atoms with van der Waals surface area (Å²) in [5, 5.41) is 0. The summed E-state index contributed by atoms with van der Waals surface area (Å²) >= 11 is 0. The largest absolute Gasteiger partial charge is 0.509 e. The Hall–Kier alpha value is -2.52. The molecule has 2 aliphatic rings. The molecule has 0 radical (unpaired) electrons. The lowest BCUT2D eigenvalue weighted by atomic mass is 10.2. The molecule has 134 valence electrons. The van der Waals surface area contributed by atoms with E-state index in [4.69, 9.17) is 9.47 Å². The third-order valence-corrected chi connectivity index (χ3v) is 3.24. The third-order valence-electron chi connectivity index (χ3n) is 3.24. The average molecular weight is 346 g/mol. The maximum absolute atomic E-state index is 11.5. The van der Waals surface area contributed by atoms with Crippen molar-refractivity contribution in [2.75, 3.05) is 26.4 Å². The first kappa shape index (κ1) is 17.8. The molecular weight excluding hydrogens is 328 g/mol. The fourth-order valence-electron chi connectivity index (χ4n) is 1.98. The molecule has 0 aromatic rings. The smallest absolute Gasteiger partial charge is 0.463 e. The second-order valence-corrected chi connectivity index (χ2v) is 5.08. The lowest BCUT2D eigenvalue weighted by Crippen LogP contribution is -2.26. The molecule has 0 aromatic carbocycles. The molecule has 0 bridgehead atoms. The van der Waals surface area contributed by atoms with Crippen molar-refractivity contribution in [3.05, 3.63) is 0 Å². The number of ether oxygens (including phenoxy) is 6. The number of esters is 2. The lowest BCUT2D eigenvalue weighted by Gasteiger charge is -2.08. The molecule has 2 heterocycles. The van der Waals surface area contributed by atoms with Gasteiger partial charge < -0.3 is 28.4 Å². The Kier molecular flexibility index (Phi) is 6.64. The molecule has 10 nitrogen and oxygen atoms in total. The van der Waals surface area contributed by atoms with Gasteiger partial charge >= 0.3 is 24.2 Å². The van der Waals surface area contributed by atoms with Crippen molar-refractivity contribution < 1.29 is 47.6 Å². The van der Waals surface area contributed by atoms with Crippen molar-refractivity contribution in [1.82, 2.24) is 0 Å². The van der Waals surface area contributed by atoms with Crippen LogP contribution in [0.5, 0.6) is 0 Å². The molecule has 0 aromatic heterocycles. The Balaban J connectivity index is 1.41. The van der Waals surface area contributed by atoms with Gasteiger partial charge in [0.25, 0.3) is 0 Å². The first-order valence-corrected chi connectivity index (χ1v) is 7.56. The van der Waals surface area contributed by atoms with E-state index in [9.17, 15) is 19.2 Å². The van der Waals surface area contributed by atoms with E-state index in [1.54, 1.807) is 0 Å². The number of carbonyl (C=O) groups is 4. The van der Waals surface area contributed by atoms with Crippen LogP contribution in [0.25, 0.3) is 0 Å². The van der Waals surface area contributed by atoms with Crippen molar-refractivity contribution >= 4 is 24.2 Å². The van der Waals surface area contributed by atoms with E-state index in [2.05, 4.69) is 18.9 Å². The minimum absolute atomic E-state index is 0.121. The zero-order chi connectivity index (χ0) is 17.4. The molecule has 2 fully saturated rings. The van der Waals surface area contributed by atoms with Gasteiger partial charge in [0.15, 0.2) is 0 Å². The van der Waals surface area contributed by atoms with Crippen LogP contribution in [0.1, 0.15) is 25.7 Å². The molecule has 10 heteroatoms. The zero-order valence-electron chi connectivity index (χ0n) is 12.9. The molecule has 0 N–H and O–H groups in total. The first-order chi connectivity index (χ1) is 11.6. The molecule has 2 unspecified atom stereocenters. The molecule has 24 heavy (non-hydrogen) atoms. The Labute approximate surface area is 137 Å². The normalized spacial score (nSPS) is 22.2. The number of unbranched alkanes of at least 4 members (excludes halogenated alkanes) is 3. The Morgan fingerprint density at radius 1 is 0.792 bits per heavy atom. The van der Waals surface area contributed by atoms with Crippen molar-refractivity contribution in [3.8, 4) is 0 Å². The highest BCUT2D eigenvalue weighted by atomic mass is 16.8. The SMILES string of the molecule is O=C1OCC(C(=O)OCCCCCCOC(=O)C2COC(=O)O2)O1. The zero-order valence-corrected chi connectivity index (χ0v) is 12.9. The van der Waals surface area contributed by atoms with Crippen LogP contribution in [-0.2, 0) is 38.0 Å².